The van der Waals surface area contributed by atoms with E-state index >= 15 is 0 Å². The number of carbonyl (C=O) groups excluding carboxylic acids is 2. The Hall–Kier alpha value is -1.34. The molecule has 6 fully saturated rings. The number of rotatable bonds is 7. The summed E-state index contributed by atoms with van der Waals surface area (Å²) in [6.07, 6.45) is 0.889. The zero-order valence-electron chi connectivity index (χ0n) is 32.6. The molecule has 2 heterocycles. The molecular weight excluding hydrogens is 656 g/mol. The van der Waals surface area contributed by atoms with Gasteiger partial charge in [0.2, 0.25) is 0 Å². The van der Waals surface area contributed by atoms with E-state index in [1.165, 1.54) is 13.8 Å². The number of aliphatic hydroxyl groups excluding tert-OH is 3. The number of esters is 2. The first-order valence-electron chi connectivity index (χ1n) is 19.6. The van der Waals surface area contributed by atoms with Crippen LogP contribution in [0.25, 0.3) is 0 Å². The molecule has 4 aliphatic carbocycles. The summed E-state index contributed by atoms with van der Waals surface area (Å²) in [4.78, 5) is 24.9. The summed E-state index contributed by atoms with van der Waals surface area (Å²) in [6.45, 7) is 20.0. The molecule has 4 N–H and O–H groups in total. The average molecular weight is 723 g/mol. The molecule has 6 aliphatic rings. The second-order valence-corrected chi connectivity index (χ2v) is 19.4. The second kappa shape index (κ2) is 13.2. The Morgan fingerprint density at radius 1 is 0.824 bits per heavy atom. The smallest absolute Gasteiger partial charge is 0.303 e. The van der Waals surface area contributed by atoms with Crippen LogP contribution in [-0.2, 0) is 33.3 Å². The Bertz CT molecular complexity index is 1330. The molecule has 11 heteroatoms. The van der Waals surface area contributed by atoms with Crippen molar-refractivity contribution in [2.45, 2.75) is 187 Å². The van der Waals surface area contributed by atoms with Crippen molar-refractivity contribution >= 4 is 11.9 Å². The zero-order valence-corrected chi connectivity index (χ0v) is 32.6. The molecular formula is C40H66O11. The fourth-order valence-electron chi connectivity index (χ4n) is 13.3. The van der Waals surface area contributed by atoms with Gasteiger partial charge in [-0.05, 0) is 118 Å². The monoisotopic (exact) mass is 722 g/mol. The lowest BCUT2D eigenvalue weighted by Gasteiger charge is -2.71. The Morgan fingerprint density at radius 3 is 2.06 bits per heavy atom. The van der Waals surface area contributed by atoms with E-state index in [4.69, 9.17) is 23.7 Å². The van der Waals surface area contributed by atoms with Crippen molar-refractivity contribution in [3.8, 4) is 0 Å². The standard InChI is InChI=1S/C40H66O11/c1-21(42)47-25-19-24-23(40(10)18-14-29(51-40)36(5,6)46)11-16-38(24,8)39(9)17-12-27-35(3,4)28(13-15-37(27,7)33(25)39)50-34-32(48-22(2)43)31(45)30(44)26(20-41)49-34/h23-34,41,44-46H,11-20H2,1-10H3/t23-,24+,25+,26+,27+,28-,29+,30+,31-,32+,33+,34-,37-,38+,39+,40-/m0/s1. The van der Waals surface area contributed by atoms with Gasteiger partial charge < -0.3 is 44.1 Å². The minimum atomic E-state index is -1.48. The molecule has 51 heavy (non-hydrogen) atoms. The van der Waals surface area contributed by atoms with Gasteiger partial charge in [-0.1, -0.05) is 34.6 Å². The van der Waals surface area contributed by atoms with Crippen molar-refractivity contribution in [1.82, 2.24) is 0 Å². The van der Waals surface area contributed by atoms with Gasteiger partial charge in [0, 0.05) is 19.8 Å². The molecule has 0 bridgehead atoms. The van der Waals surface area contributed by atoms with Crippen molar-refractivity contribution < 1.29 is 53.7 Å². The van der Waals surface area contributed by atoms with E-state index in [9.17, 15) is 30.0 Å². The maximum absolute atomic E-state index is 12.9. The van der Waals surface area contributed by atoms with Crippen LogP contribution in [0.4, 0.5) is 0 Å². The summed E-state index contributed by atoms with van der Waals surface area (Å²) >= 11 is 0. The SMILES string of the molecule is CC(=O)O[C@H]1[C@H](O[C@H]2CC[C@@]3(C)[C@H](CC[C@]4(C)[C@@H]3[C@H](OC(C)=O)C[C@@H]3[C@@H]([C@]5(C)CC[C@H](C(C)(C)O)O5)CC[C@]34C)C2(C)C)O[C@H](CO)[C@@H](O)[C@@H]1O. The van der Waals surface area contributed by atoms with Crippen LogP contribution >= 0.6 is 0 Å². The Labute approximate surface area is 304 Å². The fourth-order valence-corrected chi connectivity index (χ4v) is 13.3. The highest BCUT2D eigenvalue weighted by molar-refractivity contribution is 5.66. The highest BCUT2D eigenvalue weighted by atomic mass is 16.7. The molecule has 6 rings (SSSR count). The molecule has 0 aromatic heterocycles. The van der Waals surface area contributed by atoms with Crippen molar-refractivity contribution in [3.63, 3.8) is 0 Å². The van der Waals surface area contributed by atoms with E-state index in [0.29, 0.717) is 18.3 Å². The van der Waals surface area contributed by atoms with Crippen molar-refractivity contribution in [3.05, 3.63) is 0 Å². The molecule has 11 nitrogen and oxygen atoms in total. The number of hydrogen-bond donors (Lipinski definition) is 4. The van der Waals surface area contributed by atoms with Gasteiger partial charge in [0.1, 0.15) is 24.4 Å². The number of aliphatic hydroxyl groups is 4. The molecule has 0 spiro atoms. The van der Waals surface area contributed by atoms with Gasteiger partial charge in [-0.15, -0.1) is 0 Å². The predicted octanol–water partition coefficient (Wildman–Crippen LogP) is 4.68. The normalized spacial score (nSPS) is 50.9. The predicted molar refractivity (Wildman–Crippen MR) is 187 cm³/mol. The summed E-state index contributed by atoms with van der Waals surface area (Å²) in [6, 6.07) is 0. The lowest BCUT2D eigenvalue weighted by atomic mass is 9.35. The summed E-state index contributed by atoms with van der Waals surface area (Å²) in [5.74, 6) is 0.0370. The first kappa shape index (κ1) is 39.4. The fraction of sp³-hybridized carbons (Fsp3) is 0.950. The number of ether oxygens (including phenoxy) is 5. The van der Waals surface area contributed by atoms with Crippen LogP contribution in [0.5, 0.6) is 0 Å². The zero-order chi connectivity index (χ0) is 37.7. The summed E-state index contributed by atoms with van der Waals surface area (Å²) in [5.41, 5.74) is -1.92. The molecule has 2 saturated heterocycles. The Morgan fingerprint density at radius 2 is 1.47 bits per heavy atom. The summed E-state index contributed by atoms with van der Waals surface area (Å²) in [5, 5.41) is 42.2. The van der Waals surface area contributed by atoms with E-state index < -0.39 is 48.9 Å². The summed E-state index contributed by atoms with van der Waals surface area (Å²) in [7, 11) is 0. The van der Waals surface area contributed by atoms with Crippen molar-refractivity contribution in [1.29, 1.82) is 0 Å². The second-order valence-electron chi connectivity index (χ2n) is 19.4. The van der Waals surface area contributed by atoms with Gasteiger partial charge in [-0.3, -0.25) is 9.59 Å². The van der Waals surface area contributed by atoms with E-state index in [-0.39, 0.29) is 63.4 Å². The van der Waals surface area contributed by atoms with E-state index in [0.717, 1.165) is 51.4 Å². The van der Waals surface area contributed by atoms with Crippen molar-refractivity contribution in [2.24, 2.45) is 45.3 Å². The maximum Gasteiger partial charge on any atom is 0.303 e. The van der Waals surface area contributed by atoms with Gasteiger partial charge in [0.05, 0.1) is 30.0 Å². The van der Waals surface area contributed by atoms with E-state index in [1.54, 1.807) is 0 Å². The van der Waals surface area contributed by atoms with Gasteiger partial charge in [-0.25, -0.2) is 0 Å². The number of fused-ring (bicyclic) bond motifs is 5. The minimum Gasteiger partial charge on any atom is -0.462 e. The van der Waals surface area contributed by atoms with Crippen LogP contribution in [0.3, 0.4) is 0 Å². The topological polar surface area (TPSA) is 161 Å². The van der Waals surface area contributed by atoms with Crippen LogP contribution in [0.2, 0.25) is 0 Å². The van der Waals surface area contributed by atoms with Gasteiger partial charge in [0.25, 0.3) is 0 Å². The van der Waals surface area contributed by atoms with Crippen molar-refractivity contribution in [2.75, 3.05) is 6.61 Å². The third-order valence-electron chi connectivity index (χ3n) is 15.9. The van der Waals surface area contributed by atoms with Crippen LogP contribution in [0, 0.1) is 45.3 Å². The first-order valence-corrected chi connectivity index (χ1v) is 19.6. The molecule has 0 unspecified atom stereocenters. The van der Waals surface area contributed by atoms with Crippen LogP contribution < -0.4 is 0 Å². The van der Waals surface area contributed by atoms with E-state index in [2.05, 4.69) is 41.5 Å². The van der Waals surface area contributed by atoms with Crippen LogP contribution in [0.1, 0.15) is 127 Å². The highest BCUT2D eigenvalue weighted by Gasteiger charge is 2.73. The first-order chi connectivity index (χ1) is 23.5. The van der Waals surface area contributed by atoms with Gasteiger partial charge in [0.15, 0.2) is 12.4 Å². The lowest BCUT2D eigenvalue weighted by Crippen LogP contribution is -2.68. The molecule has 0 aromatic carbocycles. The minimum absolute atomic E-state index is 0.00705. The quantitative estimate of drug-likeness (QED) is 0.213. The third-order valence-corrected chi connectivity index (χ3v) is 15.9. The van der Waals surface area contributed by atoms with Crippen LogP contribution in [0.15, 0.2) is 0 Å². The molecule has 2 aliphatic heterocycles. The lowest BCUT2D eigenvalue weighted by molar-refractivity contribution is -0.334. The third kappa shape index (κ3) is 6.21. The largest absolute Gasteiger partial charge is 0.462 e. The molecule has 0 radical (unpaired) electrons. The van der Waals surface area contributed by atoms with Gasteiger partial charge in [-0.2, -0.15) is 0 Å². The molecule has 16 atom stereocenters. The molecule has 292 valence electrons. The molecule has 4 saturated carbocycles. The van der Waals surface area contributed by atoms with Gasteiger partial charge >= 0.3 is 11.9 Å². The Kier molecular flexibility index (Phi) is 10.2. The average Bonchev–Trinajstić information content (AvgIpc) is 3.59. The van der Waals surface area contributed by atoms with Crippen LogP contribution in [-0.4, -0.2) is 99.2 Å². The maximum atomic E-state index is 12.9. The number of hydrogen-bond acceptors (Lipinski definition) is 11. The molecule has 0 aromatic rings. The molecule has 0 amide bonds. The Balaban J connectivity index is 1.30. The summed E-state index contributed by atoms with van der Waals surface area (Å²) < 4.78 is 31.3. The number of carbonyl (C=O) groups is 2. The van der Waals surface area contributed by atoms with E-state index in [1.807, 2.05) is 13.8 Å². The highest BCUT2D eigenvalue weighted by Crippen LogP contribution is 2.76.